The number of carbonyl (C=O) groups excluding carboxylic acids is 1. The van der Waals surface area contributed by atoms with Crippen molar-refractivity contribution in [3.8, 4) is 23.0 Å². The molecule has 0 aliphatic carbocycles. The molecular formula is C23H22F2N4O. The van der Waals surface area contributed by atoms with Crippen LogP contribution in [0.4, 0.5) is 8.78 Å². The van der Waals surface area contributed by atoms with Gasteiger partial charge < -0.3 is 5.32 Å². The number of halogens is 2. The van der Waals surface area contributed by atoms with E-state index in [-0.39, 0.29) is 23.2 Å². The molecule has 2 heterocycles. The minimum atomic E-state index is -0.911. The van der Waals surface area contributed by atoms with E-state index in [0.717, 1.165) is 38.5 Å². The smallest absolute Gasteiger partial charge is 0.272 e. The molecule has 0 spiro atoms. The Bertz CT molecular complexity index is 1140. The molecule has 3 aromatic rings. The van der Waals surface area contributed by atoms with E-state index in [1.165, 1.54) is 12.1 Å². The number of nitrogens with zero attached hydrogens (tertiary/aromatic N) is 2. The fraction of sp³-hybridized carbons (Fsp3) is 0.304. The molecule has 1 aliphatic rings. The Morgan fingerprint density at radius 2 is 2.07 bits per heavy atom. The highest BCUT2D eigenvalue weighted by Crippen LogP contribution is 2.28. The van der Waals surface area contributed by atoms with Crippen LogP contribution < -0.4 is 5.32 Å². The van der Waals surface area contributed by atoms with Crippen LogP contribution in [0.15, 0.2) is 36.4 Å². The minimum Gasteiger partial charge on any atom is -0.348 e. The van der Waals surface area contributed by atoms with Gasteiger partial charge in [-0.15, -0.1) is 5.92 Å². The van der Waals surface area contributed by atoms with Crippen LogP contribution in [0.3, 0.4) is 0 Å². The van der Waals surface area contributed by atoms with Crippen molar-refractivity contribution < 1.29 is 13.6 Å². The molecule has 0 atom stereocenters. The van der Waals surface area contributed by atoms with Gasteiger partial charge in [0, 0.05) is 30.1 Å². The Labute approximate surface area is 173 Å². The summed E-state index contributed by atoms with van der Waals surface area (Å²) in [7, 11) is 0. The van der Waals surface area contributed by atoms with Crippen LogP contribution in [0.2, 0.25) is 0 Å². The molecule has 1 aromatic heterocycles. The fourth-order valence-corrected chi connectivity index (χ4v) is 3.76. The molecular weight excluding hydrogens is 386 g/mol. The lowest BCUT2D eigenvalue weighted by Crippen LogP contribution is -2.44. The first-order valence-corrected chi connectivity index (χ1v) is 9.92. The van der Waals surface area contributed by atoms with E-state index in [1.54, 1.807) is 18.2 Å². The number of H-pyrrole nitrogens is 1. The Morgan fingerprint density at radius 3 is 2.83 bits per heavy atom. The quantitative estimate of drug-likeness (QED) is 0.647. The second kappa shape index (κ2) is 8.64. The van der Waals surface area contributed by atoms with Crippen molar-refractivity contribution in [3.05, 3.63) is 53.7 Å². The lowest BCUT2D eigenvalue weighted by atomic mass is 10.0. The van der Waals surface area contributed by atoms with Crippen molar-refractivity contribution in [1.82, 2.24) is 20.4 Å². The molecule has 0 unspecified atom stereocenters. The number of aromatic nitrogens is 2. The van der Waals surface area contributed by atoms with Crippen molar-refractivity contribution >= 4 is 16.8 Å². The zero-order valence-electron chi connectivity index (χ0n) is 16.6. The van der Waals surface area contributed by atoms with E-state index >= 15 is 0 Å². The average Bonchev–Trinajstić information content (AvgIpc) is 3.18. The molecule has 30 heavy (non-hydrogen) atoms. The number of nitrogens with one attached hydrogen (secondary N) is 2. The third kappa shape index (κ3) is 4.05. The lowest BCUT2D eigenvalue weighted by molar-refractivity contribution is 0.0911. The Kier molecular flexibility index (Phi) is 5.77. The second-order valence-electron chi connectivity index (χ2n) is 7.38. The van der Waals surface area contributed by atoms with E-state index in [1.807, 2.05) is 6.92 Å². The summed E-state index contributed by atoms with van der Waals surface area (Å²) in [6.07, 6.45) is 1.69. The predicted molar refractivity (Wildman–Crippen MR) is 112 cm³/mol. The van der Waals surface area contributed by atoms with E-state index in [9.17, 15) is 13.6 Å². The van der Waals surface area contributed by atoms with Gasteiger partial charge in [0.1, 0.15) is 0 Å². The second-order valence-corrected chi connectivity index (χ2v) is 7.38. The SMILES string of the molecule is CC#CCN1CCC(NC(=O)c2n[nH]c3ccc(-c4cccc(F)c4F)cc23)CC1. The number of fused-ring (bicyclic) bond motifs is 1. The summed E-state index contributed by atoms with van der Waals surface area (Å²) >= 11 is 0. The summed E-state index contributed by atoms with van der Waals surface area (Å²) in [5.74, 6) is 3.87. The molecule has 1 saturated heterocycles. The molecule has 0 saturated carbocycles. The zero-order chi connectivity index (χ0) is 21.1. The zero-order valence-corrected chi connectivity index (χ0v) is 16.6. The van der Waals surface area contributed by atoms with Gasteiger partial charge in [-0.25, -0.2) is 8.78 Å². The highest BCUT2D eigenvalue weighted by molar-refractivity contribution is 6.05. The van der Waals surface area contributed by atoms with Crippen molar-refractivity contribution in [3.63, 3.8) is 0 Å². The highest BCUT2D eigenvalue weighted by atomic mass is 19.2. The molecule has 2 N–H and O–H groups in total. The summed E-state index contributed by atoms with van der Waals surface area (Å²) in [6.45, 7) is 4.34. The van der Waals surface area contributed by atoms with Gasteiger partial charge >= 0.3 is 0 Å². The standard InChI is InChI=1S/C23H22F2N4O/c1-2-3-11-29-12-9-16(10-13-29)26-23(30)22-18-14-15(7-8-20(18)27-28-22)17-5-4-6-19(24)21(17)25/h4-8,14,16H,9-13H2,1H3,(H,26,30)(H,27,28). The summed E-state index contributed by atoms with van der Waals surface area (Å²) in [5.41, 5.74) is 1.55. The van der Waals surface area contributed by atoms with Gasteiger partial charge in [-0.05, 0) is 43.5 Å². The molecule has 5 nitrogen and oxygen atoms in total. The van der Waals surface area contributed by atoms with Gasteiger partial charge in [0.15, 0.2) is 17.3 Å². The molecule has 2 aromatic carbocycles. The van der Waals surface area contributed by atoms with Gasteiger partial charge in [0.2, 0.25) is 0 Å². The third-order valence-electron chi connectivity index (χ3n) is 5.44. The normalized spacial score (nSPS) is 15.0. The van der Waals surface area contributed by atoms with Crippen LogP contribution in [0.5, 0.6) is 0 Å². The van der Waals surface area contributed by atoms with Crippen molar-refractivity contribution in [1.29, 1.82) is 0 Å². The van der Waals surface area contributed by atoms with Crippen LogP contribution in [0.1, 0.15) is 30.3 Å². The summed E-state index contributed by atoms with van der Waals surface area (Å²) < 4.78 is 27.8. The van der Waals surface area contributed by atoms with Crippen molar-refractivity contribution in [2.45, 2.75) is 25.8 Å². The highest BCUT2D eigenvalue weighted by Gasteiger charge is 2.23. The number of benzene rings is 2. The number of hydrogen-bond acceptors (Lipinski definition) is 3. The van der Waals surface area contributed by atoms with Crippen LogP contribution >= 0.6 is 0 Å². The van der Waals surface area contributed by atoms with E-state index < -0.39 is 11.6 Å². The Balaban J connectivity index is 1.52. The molecule has 1 fully saturated rings. The monoisotopic (exact) mass is 408 g/mol. The molecule has 0 radical (unpaired) electrons. The Morgan fingerprint density at radius 1 is 1.27 bits per heavy atom. The number of likely N-dealkylation sites (tertiary alicyclic amines) is 1. The fourth-order valence-electron chi connectivity index (χ4n) is 3.76. The third-order valence-corrected chi connectivity index (χ3v) is 5.44. The van der Waals surface area contributed by atoms with Gasteiger partial charge in [-0.1, -0.05) is 24.1 Å². The molecule has 154 valence electrons. The number of hydrogen-bond donors (Lipinski definition) is 2. The van der Waals surface area contributed by atoms with E-state index in [4.69, 9.17) is 0 Å². The topological polar surface area (TPSA) is 61.0 Å². The minimum absolute atomic E-state index is 0.0685. The van der Waals surface area contributed by atoms with Gasteiger partial charge in [-0.2, -0.15) is 5.10 Å². The molecule has 4 rings (SSSR count). The molecule has 7 heteroatoms. The largest absolute Gasteiger partial charge is 0.348 e. The number of rotatable bonds is 4. The number of amides is 1. The number of carbonyl (C=O) groups is 1. The number of piperidine rings is 1. The van der Waals surface area contributed by atoms with E-state index in [0.29, 0.717) is 16.5 Å². The van der Waals surface area contributed by atoms with Crippen LogP contribution in [-0.4, -0.2) is 46.7 Å². The Hall–Kier alpha value is -3.24. The maximum atomic E-state index is 14.2. The van der Waals surface area contributed by atoms with Crippen LogP contribution in [0.25, 0.3) is 22.0 Å². The first-order chi connectivity index (χ1) is 14.6. The predicted octanol–water partition coefficient (Wildman–Crippen LogP) is 3.73. The summed E-state index contributed by atoms with van der Waals surface area (Å²) in [6, 6.07) is 9.17. The average molecular weight is 408 g/mol. The molecule has 1 aliphatic heterocycles. The van der Waals surface area contributed by atoms with Crippen LogP contribution in [0, 0.1) is 23.5 Å². The lowest BCUT2D eigenvalue weighted by Gasteiger charge is -2.30. The molecule has 1 amide bonds. The maximum Gasteiger partial charge on any atom is 0.272 e. The van der Waals surface area contributed by atoms with Crippen LogP contribution in [-0.2, 0) is 0 Å². The maximum absolute atomic E-state index is 14.2. The number of aromatic amines is 1. The molecule has 0 bridgehead atoms. The first-order valence-electron chi connectivity index (χ1n) is 9.92. The van der Waals surface area contributed by atoms with Crippen molar-refractivity contribution in [2.75, 3.05) is 19.6 Å². The van der Waals surface area contributed by atoms with Gasteiger partial charge in [-0.3, -0.25) is 14.8 Å². The van der Waals surface area contributed by atoms with Crippen molar-refractivity contribution in [2.24, 2.45) is 0 Å². The van der Waals surface area contributed by atoms with E-state index in [2.05, 4.69) is 32.3 Å². The summed E-state index contributed by atoms with van der Waals surface area (Å²) in [4.78, 5) is 15.1. The first kappa shape index (κ1) is 20.0. The van der Waals surface area contributed by atoms with Gasteiger partial charge in [0.05, 0.1) is 12.1 Å². The summed E-state index contributed by atoms with van der Waals surface area (Å²) in [5, 5.41) is 10.6. The van der Waals surface area contributed by atoms with Gasteiger partial charge in [0.25, 0.3) is 5.91 Å².